The maximum Gasteiger partial charge on any atom is 0.323 e. The van der Waals surface area contributed by atoms with Gasteiger partial charge in [-0.15, -0.1) is 0 Å². The highest BCUT2D eigenvalue weighted by Crippen LogP contribution is 2.02. The molecule has 0 saturated heterocycles. The molecule has 0 radical (unpaired) electrons. The molecule has 0 bridgehead atoms. The molecule has 0 saturated carbocycles. The van der Waals surface area contributed by atoms with Crippen LogP contribution in [0.1, 0.15) is 39.0 Å². The molecule has 0 fully saturated rings. The minimum atomic E-state index is -0.575. The molecule has 14 heavy (non-hydrogen) atoms. The van der Waals surface area contributed by atoms with E-state index in [4.69, 9.17) is 10.5 Å². The minimum absolute atomic E-state index is 0.338. The second-order valence-electron chi connectivity index (χ2n) is 3.37. The quantitative estimate of drug-likeness (QED) is 0.371. The van der Waals surface area contributed by atoms with Gasteiger partial charge in [-0.1, -0.05) is 32.6 Å². The van der Waals surface area contributed by atoms with Gasteiger partial charge in [-0.05, 0) is 6.42 Å². The molecule has 0 aromatic carbocycles. The van der Waals surface area contributed by atoms with E-state index >= 15 is 0 Å². The van der Waals surface area contributed by atoms with Gasteiger partial charge in [-0.2, -0.15) is 12.6 Å². The predicted octanol–water partition coefficient (Wildman–Crippen LogP) is 1.76. The zero-order valence-corrected chi connectivity index (χ0v) is 9.76. The van der Waals surface area contributed by atoms with Crippen LogP contribution in [0, 0.1) is 0 Å². The first-order valence-corrected chi connectivity index (χ1v) is 5.88. The summed E-state index contributed by atoms with van der Waals surface area (Å²) in [6.07, 6.45) is 5.75. The molecule has 0 spiro atoms. The fourth-order valence-electron chi connectivity index (χ4n) is 1.06. The Balaban J connectivity index is 3.23. The third kappa shape index (κ3) is 7.21. The van der Waals surface area contributed by atoms with Gasteiger partial charge in [-0.25, -0.2) is 0 Å². The summed E-state index contributed by atoms with van der Waals surface area (Å²) < 4.78 is 4.96. The normalized spacial score (nSPS) is 12.5. The lowest BCUT2D eigenvalue weighted by atomic mass is 10.2. The van der Waals surface area contributed by atoms with Crippen LogP contribution in [-0.4, -0.2) is 24.4 Å². The molecule has 3 nitrogen and oxygen atoms in total. The monoisotopic (exact) mass is 219 g/mol. The van der Waals surface area contributed by atoms with Gasteiger partial charge >= 0.3 is 5.97 Å². The Kier molecular flexibility index (Phi) is 9.19. The van der Waals surface area contributed by atoms with Crippen LogP contribution in [-0.2, 0) is 9.53 Å². The summed E-state index contributed by atoms with van der Waals surface area (Å²) >= 11 is 3.92. The average Bonchev–Trinajstić information content (AvgIpc) is 2.21. The molecule has 0 aliphatic rings. The molecular formula is C10H21NO2S. The van der Waals surface area contributed by atoms with E-state index in [1.807, 2.05) is 0 Å². The number of carbonyl (C=O) groups excluding carboxylic acids is 1. The van der Waals surface area contributed by atoms with E-state index in [1.54, 1.807) is 0 Å². The zero-order chi connectivity index (χ0) is 10.8. The van der Waals surface area contributed by atoms with Crippen molar-refractivity contribution in [1.29, 1.82) is 0 Å². The lowest BCUT2D eigenvalue weighted by Crippen LogP contribution is -2.34. The van der Waals surface area contributed by atoms with Crippen molar-refractivity contribution in [3.63, 3.8) is 0 Å². The van der Waals surface area contributed by atoms with Gasteiger partial charge in [0, 0.05) is 5.75 Å². The minimum Gasteiger partial charge on any atom is -0.465 e. The van der Waals surface area contributed by atoms with Crippen molar-refractivity contribution in [2.45, 2.75) is 45.1 Å². The van der Waals surface area contributed by atoms with Gasteiger partial charge in [-0.3, -0.25) is 4.79 Å². The number of carbonyl (C=O) groups is 1. The average molecular weight is 219 g/mol. The van der Waals surface area contributed by atoms with Crippen molar-refractivity contribution in [3.8, 4) is 0 Å². The summed E-state index contributed by atoms with van der Waals surface area (Å²) in [5.74, 6) is 0.00442. The van der Waals surface area contributed by atoms with Crippen molar-refractivity contribution in [2.75, 3.05) is 12.4 Å². The summed E-state index contributed by atoms with van der Waals surface area (Å²) in [5.41, 5.74) is 5.43. The zero-order valence-electron chi connectivity index (χ0n) is 8.87. The number of thiol groups is 1. The van der Waals surface area contributed by atoms with Gasteiger partial charge in [0.05, 0.1) is 6.61 Å². The Morgan fingerprint density at radius 3 is 2.57 bits per heavy atom. The fourth-order valence-corrected chi connectivity index (χ4v) is 1.21. The third-order valence-corrected chi connectivity index (χ3v) is 2.39. The summed E-state index contributed by atoms with van der Waals surface area (Å²) in [5, 5.41) is 0. The van der Waals surface area contributed by atoms with Crippen LogP contribution in [0.25, 0.3) is 0 Å². The number of hydrogen-bond acceptors (Lipinski definition) is 4. The highest BCUT2D eigenvalue weighted by atomic mass is 32.1. The van der Waals surface area contributed by atoms with Crippen molar-refractivity contribution >= 4 is 18.6 Å². The highest BCUT2D eigenvalue weighted by molar-refractivity contribution is 7.80. The van der Waals surface area contributed by atoms with E-state index in [2.05, 4.69) is 19.6 Å². The Morgan fingerprint density at radius 1 is 1.36 bits per heavy atom. The first-order valence-electron chi connectivity index (χ1n) is 5.25. The van der Waals surface area contributed by atoms with Gasteiger partial charge in [0.25, 0.3) is 0 Å². The predicted molar refractivity (Wildman–Crippen MR) is 61.5 cm³/mol. The first kappa shape index (κ1) is 13.8. The highest BCUT2D eigenvalue weighted by Gasteiger charge is 2.11. The van der Waals surface area contributed by atoms with Crippen molar-refractivity contribution < 1.29 is 9.53 Å². The number of hydrogen-bond donors (Lipinski definition) is 2. The van der Waals surface area contributed by atoms with E-state index < -0.39 is 6.04 Å². The smallest absolute Gasteiger partial charge is 0.323 e. The Bertz CT molecular complexity index is 153. The van der Waals surface area contributed by atoms with Crippen LogP contribution in [0.5, 0.6) is 0 Å². The van der Waals surface area contributed by atoms with Gasteiger partial charge < -0.3 is 10.5 Å². The van der Waals surface area contributed by atoms with Gasteiger partial charge in [0.15, 0.2) is 0 Å². The number of esters is 1. The molecule has 0 unspecified atom stereocenters. The second kappa shape index (κ2) is 9.34. The van der Waals surface area contributed by atoms with Crippen LogP contribution in [0.2, 0.25) is 0 Å². The Labute approximate surface area is 91.8 Å². The van der Waals surface area contributed by atoms with E-state index in [0.717, 1.165) is 12.8 Å². The van der Waals surface area contributed by atoms with Gasteiger partial charge in [0.1, 0.15) is 6.04 Å². The molecule has 0 heterocycles. The van der Waals surface area contributed by atoms with Crippen LogP contribution >= 0.6 is 12.6 Å². The second-order valence-corrected chi connectivity index (χ2v) is 3.74. The molecule has 0 aliphatic carbocycles. The van der Waals surface area contributed by atoms with Crippen LogP contribution in [0.3, 0.4) is 0 Å². The molecule has 0 rings (SSSR count). The molecule has 1 atom stereocenters. The maximum absolute atomic E-state index is 11.1. The van der Waals surface area contributed by atoms with E-state index in [0.29, 0.717) is 12.4 Å². The van der Waals surface area contributed by atoms with Crippen molar-refractivity contribution in [3.05, 3.63) is 0 Å². The van der Waals surface area contributed by atoms with Crippen molar-refractivity contribution in [1.82, 2.24) is 0 Å². The number of rotatable bonds is 8. The topological polar surface area (TPSA) is 52.3 Å². The molecule has 0 aromatic heterocycles. The Morgan fingerprint density at radius 2 is 2.00 bits per heavy atom. The van der Waals surface area contributed by atoms with Crippen LogP contribution in [0.4, 0.5) is 0 Å². The van der Waals surface area contributed by atoms with Crippen molar-refractivity contribution in [2.24, 2.45) is 5.73 Å². The fraction of sp³-hybridized carbons (Fsp3) is 0.900. The molecule has 4 heteroatoms. The molecule has 0 amide bonds. The molecule has 84 valence electrons. The van der Waals surface area contributed by atoms with Crippen LogP contribution in [0.15, 0.2) is 0 Å². The Hall–Kier alpha value is -0.220. The molecule has 0 aliphatic heterocycles. The summed E-state index contributed by atoms with van der Waals surface area (Å²) in [4.78, 5) is 11.1. The largest absolute Gasteiger partial charge is 0.465 e. The van der Waals surface area contributed by atoms with Crippen LogP contribution < -0.4 is 5.73 Å². The lowest BCUT2D eigenvalue weighted by Gasteiger charge is -2.08. The third-order valence-electron chi connectivity index (χ3n) is 1.99. The first-order chi connectivity index (χ1) is 6.72. The maximum atomic E-state index is 11.1. The summed E-state index contributed by atoms with van der Waals surface area (Å²) in [6.45, 7) is 2.66. The molecular weight excluding hydrogens is 198 g/mol. The standard InChI is InChI=1S/C10H21NO2S/c1-2-3-4-5-6-7-13-10(12)9(11)8-14/h9,14H,2-8,11H2,1H3/t9-/m1/s1. The van der Waals surface area contributed by atoms with Gasteiger partial charge in [0.2, 0.25) is 0 Å². The summed E-state index contributed by atoms with van der Waals surface area (Å²) in [6, 6.07) is -0.575. The molecule has 2 N–H and O–H groups in total. The lowest BCUT2D eigenvalue weighted by molar-refractivity contribution is -0.144. The summed E-state index contributed by atoms with van der Waals surface area (Å²) in [7, 11) is 0. The number of nitrogens with two attached hydrogens (primary N) is 1. The van der Waals surface area contributed by atoms with E-state index in [-0.39, 0.29) is 5.97 Å². The van der Waals surface area contributed by atoms with E-state index in [1.165, 1.54) is 19.3 Å². The van der Waals surface area contributed by atoms with E-state index in [9.17, 15) is 4.79 Å². The SMILES string of the molecule is CCCCCCCOC(=O)[C@H](N)CS. The molecule has 0 aromatic rings. The number of ether oxygens (including phenoxy) is 1. The number of unbranched alkanes of at least 4 members (excludes halogenated alkanes) is 4.